The van der Waals surface area contributed by atoms with Crippen molar-refractivity contribution in [3.05, 3.63) is 83.9 Å². The summed E-state index contributed by atoms with van der Waals surface area (Å²) in [6.07, 6.45) is 2.77. The fraction of sp³-hybridized carbons (Fsp3) is 0.520. The Labute approximate surface area is 390 Å². The highest BCUT2D eigenvalue weighted by Crippen LogP contribution is 2.47. The van der Waals surface area contributed by atoms with Gasteiger partial charge in [-0.25, -0.2) is 9.59 Å². The zero-order valence-electron chi connectivity index (χ0n) is 40.2. The molecular formula is C50H69N7O8Si. The normalized spacial score (nSPS) is 20.7. The molecule has 0 radical (unpaired) electrons. The lowest BCUT2D eigenvalue weighted by atomic mass is 9.85. The highest BCUT2D eigenvalue weighted by Gasteiger charge is 2.43. The van der Waals surface area contributed by atoms with Crippen molar-refractivity contribution >= 4 is 66.1 Å². The van der Waals surface area contributed by atoms with Gasteiger partial charge in [0.25, 0.3) is 0 Å². The molecule has 0 spiro atoms. The van der Waals surface area contributed by atoms with Gasteiger partial charge in [-0.05, 0) is 97.4 Å². The molecule has 3 fully saturated rings. The van der Waals surface area contributed by atoms with E-state index < -0.39 is 49.8 Å². The minimum Gasteiger partial charge on any atom is -0.453 e. The lowest BCUT2D eigenvalue weighted by Gasteiger charge is -2.35. The van der Waals surface area contributed by atoms with E-state index in [0.717, 1.165) is 29.7 Å². The number of nitrogens with one attached hydrogen (secondary N) is 4. The molecular weight excluding hydrogens is 855 g/mol. The summed E-state index contributed by atoms with van der Waals surface area (Å²) in [4.78, 5) is 84.6. The van der Waals surface area contributed by atoms with Crippen molar-refractivity contribution in [1.29, 1.82) is 0 Å². The van der Waals surface area contributed by atoms with Crippen molar-refractivity contribution in [2.75, 3.05) is 42.8 Å². The van der Waals surface area contributed by atoms with Gasteiger partial charge >= 0.3 is 12.2 Å². The first kappa shape index (κ1) is 49.5. The molecule has 66 heavy (non-hydrogen) atoms. The highest BCUT2D eigenvalue weighted by atomic mass is 28.3. The van der Waals surface area contributed by atoms with Crippen LogP contribution < -0.4 is 31.4 Å². The zero-order valence-corrected chi connectivity index (χ0v) is 41.2. The number of ether oxygens (including phenoxy) is 2. The lowest BCUT2D eigenvalue weighted by molar-refractivity contribution is -0.140. The third kappa shape index (κ3) is 11.4. The summed E-state index contributed by atoms with van der Waals surface area (Å²) in [6.45, 7) is 17.1. The Balaban J connectivity index is 1.17. The fourth-order valence-corrected chi connectivity index (χ4v) is 10.6. The number of methoxy groups -OCH3 is 2. The van der Waals surface area contributed by atoms with Crippen LogP contribution in [0.15, 0.2) is 72.8 Å². The van der Waals surface area contributed by atoms with Crippen LogP contribution in [0.5, 0.6) is 0 Å². The van der Waals surface area contributed by atoms with Crippen molar-refractivity contribution in [2.45, 2.75) is 129 Å². The van der Waals surface area contributed by atoms with E-state index in [1.54, 1.807) is 9.80 Å². The minimum absolute atomic E-state index is 0.0330. The molecule has 6 atom stereocenters. The monoisotopic (exact) mass is 923 g/mol. The second-order valence-corrected chi connectivity index (χ2v) is 25.3. The largest absolute Gasteiger partial charge is 0.453 e. The summed E-state index contributed by atoms with van der Waals surface area (Å²) in [6, 6.07) is 21.9. The molecule has 3 aromatic carbocycles. The topological polar surface area (TPSA) is 179 Å². The van der Waals surface area contributed by atoms with E-state index in [0.29, 0.717) is 50.1 Å². The Morgan fingerprint density at radius 1 is 0.621 bits per heavy atom. The maximum atomic E-state index is 13.8. The standard InChI is InChI=1S/C50H69N7O8Si/c1-31(2)42(53-48(62)64-6)46(60)55-29-11-13-40(55)44(58)51-34-19-15-32(16-20-34)38-27-28-39(57(38)36-23-25-37(26-24-36)66(8,9)10)33-17-21-35(22-18-33)52-45(59)41-14-12-30-56(41)47(61)43(50(3,4)5)54-49(63)65-7/h15-26,31,38-43H,11-14,27-30H2,1-10H3,(H,51,58)(H,52,59)(H,53,62)(H,54,63)/t38-,39-,40-,41-,42-,43+/m0/s1. The molecule has 356 valence electrons. The number of likely N-dealkylation sites (tertiary alicyclic amines) is 2. The van der Waals surface area contributed by atoms with Crippen molar-refractivity contribution in [3.63, 3.8) is 0 Å². The molecule has 3 heterocycles. The fourth-order valence-electron chi connectivity index (χ4n) is 9.46. The van der Waals surface area contributed by atoms with Crippen LogP contribution in [0.4, 0.5) is 26.7 Å². The van der Waals surface area contributed by atoms with Gasteiger partial charge in [0.2, 0.25) is 23.6 Å². The predicted octanol–water partition coefficient (Wildman–Crippen LogP) is 7.32. The van der Waals surface area contributed by atoms with Gasteiger partial charge in [0.1, 0.15) is 24.2 Å². The van der Waals surface area contributed by atoms with Crippen LogP contribution in [0, 0.1) is 11.3 Å². The molecule has 0 saturated carbocycles. The van der Waals surface area contributed by atoms with Crippen molar-refractivity contribution in [2.24, 2.45) is 11.3 Å². The number of benzene rings is 3. The molecule has 16 heteroatoms. The number of carbonyl (C=O) groups is 6. The molecule has 0 bridgehead atoms. The number of anilines is 3. The van der Waals surface area contributed by atoms with E-state index in [4.69, 9.17) is 9.47 Å². The summed E-state index contributed by atoms with van der Waals surface area (Å²) < 4.78 is 9.54. The van der Waals surface area contributed by atoms with E-state index in [-0.39, 0.29) is 41.6 Å². The number of hydrogen-bond acceptors (Lipinski definition) is 9. The van der Waals surface area contributed by atoms with Gasteiger partial charge in [0.05, 0.1) is 34.4 Å². The SMILES string of the molecule is COC(=O)N[C@H](C(=O)N1CCC[C@H]1C(=O)Nc1ccc([C@@H]2CC[C@@H](c3ccc(NC(=O)[C@@H]4CCCN4C(=O)[C@@H](NC(=O)OC)C(C)(C)C)cc3)N2c2ccc([Si](C)(C)C)cc2)cc1)C(C)C. The van der Waals surface area contributed by atoms with Gasteiger partial charge in [-0.3, -0.25) is 19.2 Å². The number of amides is 6. The molecule has 3 saturated heterocycles. The Hall–Kier alpha value is -5.90. The van der Waals surface area contributed by atoms with E-state index >= 15 is 0 Å². The van der Waals surface area contributed by atoms with Crippen LogP contribution >= 0.6 is 0 Å². The molecule has 6 amide bonds. The van der Waals surface area contributed by atoms with Crippen molar-refractivity contribution < 1.29 is 38.2 Å². The maximum absolute atomic E-state index is 13.8. The van der Waals surface area contributed by atoms with Gasteiger partial charge in [-0.15, -0.1) is 0 Å². The summed E-state index contributed by atoms with van der Waals surface area (Å²) in [5.41, 5.74) is 3.96. The molecule has 3 aliphatic rings. The Morgan fingerprint density at radius 3 is 1.47 bits per heavy atom. The first-order chi connectivity index (χ1) is 31.2. The van der Waals surface area contributed by atoms with Gasteiger partial charge in [-0.2, -0.15) is 0 Å². The van der Waals surface area contributed by atoms with Gasteiger partial charge in [0.15, 0.2) is 0 Å². The number of rotatable bonds is 13. The average Bonchev–Trinajstić information content (AvgIpc) is 4.08. The zero-order chi connectivity index (χ0) is 48.1. The highest BCUT2D eigenvalue weighted by molar-refractivity contribution is 6.88. The molecule has 3 aromatic rings. The maximum Gasteiger partial charge on any atom is 0.407 e. The van der Waals surface area contributed by atoms with Crippen LogP contribution in [-0.2, 0) is 28.7 Å². The number of hydrogen-bond donors (Lipinski definition) is 4. The van der Waals surface area contributed by atoms with Crippen molar-refractivity contribution in [1.82, 2.24) is 20.4 Å². The molecule has 0 aromatic heterocycles. The van der Waals surface area contributed by atoms with Gasteiger partial charge < -0.3 is 45.4 Å². The number of nitrogens with zero attached hydrogens (tertiary/aromatic N) is 3. The van der Waals surface area contributed by atoms with Gasteiger partial charge in [-0.1, -0.05) is 95.8 Å². The molecule has 0 unspecified atom stereocenters. The van der Waals surface area contributed by atoms with E-state index in [1.165, 1.54) is 19.4 Å². The van der Waals surface area contributed by atoms with Crippen LogP contribution in [-0.4, -0.2) is 105 Å². The molecule has 4 N–H and O–H groups in total. The Morgan fingerprint density at radius 2 is 1.06 bits per heavy atom. The van der Waals surface area contributed by atoms with E-state index in [2.05, 4.69) is 94.3 Å². The first-order valence-corrected chi connectivity index (χ1v) is 26.7. The second-order valence-electron chi connectivity index (χ2n) is 20.2. The van der Waals surface area contributed by atoms with Crippen LogP contribution in [0.3, 0.4) is 0 Å². The average molecular weight is 924 g/mol. The summed E-state index contributed by atoms with van der Waals surface area (Å²) >= 11 is 0. The predicted molar refractivity (Wildman–Crippen MR) is 259 cm³/mol. The Bertz CT molecular complexity index is 2220. The number of alkyl carbamates (subject to hydrolysis) is 2. The summed E-state index contributed by atoms with van der Waals surface area (Å²) in [7, 11) is 0.953. The lowest BCUT2D eigenvalue weighted by Crippen LogP contribution is -2.57. The molecule has 3 aliphatic heterocycles. The van der Waals surface area contributed by atoms with Gasteiger partial charge in [0, 0.05) is 30.2 Å². The molecule has 15 nitrogen and oxygen atoms in total. The third-order valence-corrected chi connectivity index (χ3v) is 15.2. The summed E-state index contributed by atoms with van der Waals surface area (Å²) in [5, 5.41) is 12.8. The van der Waals surface area contributed by atoms with Crippen molar-refractivity contribution in [3.8, 4) is 0 Å². The second kappa shape index (κ2) is 20.7. The Kier molecular flexibility index (Phi) is 15.6. The van der Waals surface area contributed by atoms with Crippen LogP contribution in [0.2, 0.25) is 19.6 Å². The minimum atomic E-state index is -1.55. The summed E-state index contributed by atoms with van der Waals surface area (Å²) in [5.74, 6) is -1.36. The smallest absolute Gasteiger partial charge is 0.407 e. The third-order valence-electron chi connectivity index (χ3n) is 13.2. The first-order valence-electron chi connectivity index (χ1n) is 23.2. The van der Waals surface area contributed by atoms with E-state index in [9.17, 15) is 28.8 Å². The molecule has 6 rings (SSSR count). The quantitative estimate of drug-likeness (QED) is 0.128. The van der Waals surface area contributed by atoms with Crippen LogP contribution in [0.25, 0.3) is 0 Å². The van der Waals surface area contributed by atoms with Crippen LogP contribution in [0.1, 0.15) is 96.4 Å². The number of carbonyl (C=O) groups excluding carboxylic acids is 6. The molecule has 0 aliphatic carbocycles. The van der Waals surface area contributed by atoms with E-state index in [1.807, 2.05) is 58.9 Å².